The van der Waals surface area contributed by atoms with Crippen molar-refractivity contribution in [2.45, 2.75) is 19.3 Å². The van der Waals surface area contributed by atoms with Crippen LogP contribution >= 0.6 is 15.9 Å². The molecule has 3 heteroatoms. The van der Waals surface area contributed by atoms with Crippen LogP contribution in [-0.2, 0) is 5.41 Å². The van der Waals surface area contributed by atoms with Gasteiger partial charge in [-0.2, -0.15) is 0 Å². The average molecular weight is 245 g/mol. The van der Waals surface area contributed by atoms with E-state index in [-0.39, 0.29) is 12.4 Å². The first-order valence-electron chi connectivity index (χ1n) is 4.07. The third-order valence-corrected chi connectivity index (χ3v) is 2.58. The molecule has 0 atom stereocenters. The van der Waals surface area contributed by atoms with Gasteiger partial charge in [0.25, 0.3) is 0 Å². The lowest BCUT2D eigenvalue weighted by molar-refractivity contribution is 0.215. The van der Waals surface area contributed by atoms with Crippen LogP contribution in [0.5, 0.6) is 5.75 Å². The van der Waals surface area contributed by atoms with Crippen molar-refractivity contribution in [1.82, 2.24) is 0 Å². The number of halogens is 1. The molecule has 1 rings (SSSR count). The summed E-state index contributed by atoms with van der Waals surface area (Å²) < 4.78 is 0.836. The molecule has 0 radical (unpaired) electrons. The Morgan fingerprint density at radius 1 is 1.38 bits per heavy atom. The Labute approximate surface area is 86.3 Å². The van der Waals surface area contributed by atoms with Gasteiger partial charge >= 0.3 is 0 Å². The van der Waals surface area contributed by atoms with E-state index in [1.807, 2.05) is 26.0 Å². The van der Waals surface area contributed by atoms with Crippen molar-refractivity contribution < 1.29 is 10.2 Å². The molecule has 0 fully saturated rings. The van der Waals surface area contributed by atoms with E-state index in [9.17, 15) is 5.11 Å². The molecule has 0 unspecified atom stereocenters. The maximum atomic E-state index is 9.62. The average Bonchev–Trinajstić information content (AvgIpc) is 2.03. The van der Waals surface area contributed by atoms with Crippen molar-refractivity contribution >= 4 is 15.9 Å². The van der Waals surface area contributed by atoms with Gasteiger partial charge in [0.15, 0.2) is 0 Å². The Morgan fingerprint density at radius 3 is 2.46 bits per heavy atom. The fraction of sp³-hybridized carbons (Fsp3) is 0.400. The van der Waals surface area contributed by atoms with E-state index < -0.39 is 5.41 Å². The summed E-state index contributed by atoms with van der Waals surface area (Å²) in [5.41, 5.74) is 0.364. The molecule has 2 nitrogen and oxygen atoms in total. The Morgan fingerprint density at radius 2 is 2.00 bits per heavy atom. The largest absolute Gasteiger partial charge is 0.508 e. The molecule has 0 amide bonds. The smallest absolute Gasteiger partial charge is 0.120 e. The summed E-state index contributed by atoms with van der Waals surface area (Å²) in [6, 6.07) is 5.30. The molecule has 0 aromatic heterocycles. The molecular weight excluding hydrogens is 232 g/mol. The predicted molar refractivity (Wildman–Crippen MR) is 55.9 cm³/mol. The standard InChI is InChI=1S/C10H13BrO2/c1-10(2,6-12)8-4-3-7(11)5-9(8)13/h3-5,12-13H,6H2,1-2H3. The van der Waals surface area contributed by atoms with Gasteiger partial charge in [-0.3, -0.25) is 0 Å². The highest BCUT2D eigenvalue weighted by Crippen LogP contribution is 2.32. The van der Waals surface area contributed by atoms with E-state index in [1.165, 1.54) is 0 Å². The second-order valence-electron chi connectivity index (χ2n) is 3.70. The Balaban J connectivity index is 3.16. The van der Waals surface area contributed by atoms with Crippen LogP contribution in [0.1, 0.15) is 19.4 Å². The second kappa shape index (κ2) is 3.68. The number of hydrogen-bond donors (Lipinski definition) is 2. The van der Waals surface area contributed by atoms with Crippen LogP contribution in [0.2, 0.25) is 0 Å². The zero-order valence-corrected chi connectivity index (χ0v) is 9.30. The zero-order chi connectivity index (χ0) is 10.1. The number of phenolic OH excluding ortho intramolecular Hbond substituents is 1. The topological polar surface area (TPSA) is 40.5 Å². The zero-order valence-electron chi connectivity index (χ0n) is 7.71. The van der Waals surface area contributed by atoms with Crippen LogP contribution in [0.15, 0.2) is 22.7 Å². The lowest BCUT2D eigenvalue weighted by Gasteiger charge is -2.23. The van der Waals surface area contributed by atoms with Gasteiger partial charge in [-0.15, -0.1) is 0 Å². The highest BCUT2D eigenvalue weighted by molar-refractivity contribution is 9.10. The Bertz CT molecular complexity index is 308. The first-order chi connectivity index (χ1) is 5.97. The molecule has 0 spiro atoms. The number of benzene rings is 1. The number of rotatable bonds is 2. The molecule has 1 aromatic carbocycles. The molecule has 0 bridgehead atoms. The van der Waals surface area contributed by atoms with Crippen molar-refractivity contribution in [2.24, 2.45) is 0 Å². The lowest BCUT2D eigenvalue weighted by atomic mass is 9.85. The van der Waals surface area contributed by atoms with Gasteiger partial charge < -0.3 is 10.2 Å². The Hall–Kier alpha value is -0.540. The van der Waals surface area contributed by atoms with Crippen molar-refractivity contribution in [3.8, 4) is 5.75 Å². The van der Waals surface area contributed by atoms with Gasteiger partial charge in [0.2, 0.25) is 0 Å². The molecule has 0 aliphatic carbocycles. The quantitative estimate of drug-likeness (QED) is 0.840. The van der Waals surface area contributed by atoms with Crippen molar-refractivity contribution in [3.63, 3.8) is 0 Å². The summed E-state index contributed by atoms with van der Waals surface area (Å²) in [6.45, 7) is 3.79. The first kappa shape index (κ1) is 10.5. The molecule has 0 aliphatic rings. The monoisotopic (exact) mass is 244 g/mol. The van der Waals surface area contributed by atoms with Gasteiger partial charge in [-0.1, -0.05) is 35.8 Å². The van der Waals surface area contributed by atoms with Gasteiger partial charge in [-0.25, -0.2) is 0 Å². The Kier molecular flexibility index (Phi) is 2.98. The third kappa shape index (κ3) is 2.23. The van der Waals surface area contributed by atoms with Crippen LogP contribution in [0.4, 0.5) is 0 Å². The number of aromatic hydroxyl groups is 1. The number of aliphatic hydroxyl groups is 1. The fourth-order valence-corrected chi connectivity index (χ4v) is 1.51. The summed E-state index contributed by atoms with van der Waals surface area (Å²) >= 11 is 3.26. The minimum Gasteiger partial charge on any atom is -0.508 e. The van der Waals surface area contributed by atoms with E-state index in [4.69, 9.17) is 5.11 Å². The molecule has 0 saturated heterocycles. The molecule has 0 heterocycles. The minimum atomic E-state index is -0.398. The van der Waals surface area contributed by atoms with Gasteiger partial charge in [-0.05, 0) is 12.1 Å². The van der Waals surface area contributed by atoms with E-state index in [0.29, 0.717) is 0 Å². The SMILES string of the molecule is CC(C)(CO)c1ccc(Br)cc1O. The summed E-state index contributed by atoms with van der Waals surface area (Å²) in [5.74, 6) is 0.216. The molecule has 13 heavy (non-hydrogen) atoms. The molecule has 0 saturated carbocycles. The van der Waals surface area contributed by atoms with Gasteiger partial charge in [0.05, 0.1) is 6.61 Å². The van der Waals surface area contributed by atoms with Gasteiger partial charge in [0.1, 0.15) is 5.75 Å². The van der Waals surface area contributed by atoms with Crippen molar-refractivity contribution in [1.29, 1.82) is 0 Å². The van der Waals surface area contributed by atoms with Crippen molar-refractivity contribution in [3.05, 3.63) is 28.2 Å². The summed E-state index contributed by atoms with van der Waals surface area (Å²) in [5, 5.41) is 18.7. The van der Waals surface area contributed by atoms with E-state index in [2.05, 4.69) is 15.9 Å². The summed E-state index contributed by atoms with van der Waals surface area (Å²) in [6.07, 6.45) is 0. The minimum absolute atomic E-state index is 0.0161. The molecule has 0 aliphatic heterocycles. The summed E-state index contributed by atoms with van der Waals surface area (Å²) in [4.78, 5) is 0. The predicted octanol–water partition coefficient (Wildman–Crippen LogP) is 2.42. The van der Waals surface area contributed by atoms with E-state index in [0.717, 1.165) is 10.0 Å². The molecular formula is C10H13BrO2. The fourth-order valence-electron chi connectivity index (χ4n) is 1.16. The number of aliphatic hydroxyl groups excluding tert-OH is 1. The van der Waals surface area contributed by atoms with Crippen LogP contribution in [0, 0.1) is 0 Å². The summed E-state index contributed by atoms with van der Waals surface area (Å²) in [7, 11) is 0. The lowest BCUT2D eigenvalue weighted by Crippen LogP contribution is -2.21. The second-order valence-corrected chi connectivity index (χ2v) is 4.62. The molecule has 72 valence electrons. The number of phenols is 1. The van der Waals surface area contributed by atoms with Crippen LogP contribution in [-0.4, -0.2) is 16.8 Å². The van der Waals surface area contributed by atoms with Crippen LogP contribution in [0.25, 0.3) is 0 Å². The highest BCUT2D eigenvalue weighted by atomic mass is 79.9. The molecule has 1 aromatic rings. The van der Waals surface area contributed by atoms with Crippen LogP contribution < -0.4 is 0 Å². The maximum absolute atomic E-state index is 9.62. The van der Waals surface area contributed by atoms with E-state index in [1.54, 1.807) is 6.07 Å². The first-order valence-corrected chi connectivity index (χ1v) is 4.86. The third-order valence-electron chi connectivity index (χ3n) is 2.08. The van der Waals surface area contributed by atoms with Crippen LogP contribution in [0.3, 0.4) is 0 Å². The molecule has 2 N–H and O–H groups in total. The highest BCUT2D eigenvalue weighted by Gasteiger charge is 2.22. The normalized spacial score (nSPS) is 11.7. The van der Waals surface area contributed by atoms with Crippen molar-refractivity contribution in [2.75, 3.05) is 6.61 Å². The van der Waals surface area contributed by atoms with E-state index >= 15 is 0 Å². The maximum Gasteiger partial charge on any atom is 0.120 e. The van der Waals surface area contributed by atoms with Gasteiger partial charge in [0, 0.05) is 15.5 Å². The number of hydrogen-bond acceptors (Lipinski definition) is 2.